The summed E-state index contributed by atoms with van der Waals surface area (Å²) in [5.41, 5.74) is 4.81. The van der Waals surface area contributed by atoms with Gasteiger partial charge in [0, 0.05) is 37.5 Å². The highest BCUT2D eigenvalue weighted by molar-refractivity contribution is 5.90. The van der Waals surface area contributed by atoms with Crippen LogP contribution < -0.4 is 4.90 Å². The van der Waals surface area contributed by atoms with Crippen molar-refractivity contribution in [1.82, 2.24) is 29.9 Å². The number of amides is 1. The van der Waals surface area contributed by atoms with Gasteiger partial charge >= 0.3 is 0 Å². The van der Waals surface area contributed by atoms with Gasteiger partial charge in [-0.1, -0.05) is 6.92 Å². The van der Waals surface area contributed by atoms with Crippen molar-refractivity contribution in [3.05, 3.63) is 78.0 Å². The molecule has 0 aromatic carbocycles. The third-order valence-electron chi connectivity index (χ3n) is 5.10. The molecule has 0 atom stereocenters. The highest BCUT2D eigenvalue weighted by Crippen LogP contribution is 2.21. The molecule has 0 fully saturated rings. The van der Waals surface area contributed by atoms with Crippen molar-refractivity contribution < 1.29 is 13.6 Å². The number of anilines is 1. The molecule has 0 aliphatic heterocycles. The highest BCUT2D eigenvalue weighted by atomic mass is 19.1. The summed E-state index contributed by atoms with van der Waals surface area (Å²) in [6.45, 7) is 7.13. The van der Waals surface area contributed by atoms with Gasteiger partial charge in [0.15, 0.2) is 5.82 Å². The molecule has 0 spiro atoms. The summed E-state index contributed by atoms with van der Waals surface area (Å²) in [6.07, 6.45) is 9.39. The van der Waals surface area contributed by atoms with Gasteiger partial charge in [-0.25, -0.2) is 23.7 Å². The standard InChI is InChI=1S/C13H13FN4O.C12H12FN3/c1-8-13(18(3)9(2)19)16-7-12(17-8)10-4-11(14)6-15-5-10;1-3-11-8(2)16-12(7-15-11)9-4-10(13)6-14-5-9/h4-7H,1-3H3;4-7H,3H2,1-2H3. The molecule has 0 aliphatic carbocycles. The van der Waals surface area contributed by atoms with Gasteiger partial charge in [-0.2, -0.15) is 0 Å². The van der Waals surface area contributed by atoms with E-state index in [1.165, 1.54) is 42.5 Å². The fourth-order valence-electron chi connectivity index (χ4n) is 3.19. The lowest BCUT2D eigenvalue weighted by Gasteiger charge is -2.16. The number of nitrogens with zero attached hydrogens (tertiary/aromatic N) is 7. The summed E-state index contributed by atoms with van der Waals surface area (Å²) in [5.74, 6) is -0.434. The zero-order valence-corrected chi connectivity index (χ0v) is 20.1. The van der Waals surface area contributed by atoms with Crippen LogP contribution in [-0.4, -0.2) is 42.9 Å². The average molecular weight is 478 g/mol. The fourth-order valence-corrected chi connectivity index (χ4v) is 3.19. The van der Waals surface area contributed by atoms with E-state index < -0.39 is 5.82 Å². The first-order chi connectivity index (χ1) is 16.7. The van der Waals surface area contributed by atoms with E-state index in [1.807, 2.05) is 13.8 Å². The third-order valence-corrected chi connectivity index (χ3v) is 5.10. The maximum Gasteiger partial charge on any atom is 0.224 e. The predicted molar refractivity (Wildman–Crippen MR) is 128 cm³/mol. The van der Waals surface area contributed by atoms with Gasteiger partial charge in [-0.3, -0.25) is 24.6 Å². The average Bonchev–Trinajstić information content (AvgIpc) is 2.84. The molecule has 0 saturated carbocycles. The quantitative estimate of drug-likeness (QED) is 0.426. The molecule has 35 heavy (non-hydrogen) atoms. The summed E-state index contributed by atoms with van der Waals surface area (Å²) in [5, 5.41) is 0. The van der Waals surface area contributed by atoms with Crippen LogP contribution in [-0.2, 0) is 11.2 Å². The minimum absolute atomic E-state index is 0.127. The second kappa shape index (κ2) is 11.3. The van der Waals surface area contributed by atoms with Gasteiger partial charge in [-0.15, -0.1) is 0 Å². The van der Waals surface area contributed by atoms with Crippen molar-refractivity contribution in [2.24, 2.45) is 0 Å². The van der Waals surface area contributed by atoms with Crippen molar-refractivity contribution in [3.8, 4) is 22.5 Å². The normalized spacial score (nSPS) is 10.4. The highest BCUT2D eigenvalue weighted by Gasteiger charge is 2.13. The van der Waals surface area contributed by atoms with Crippen molar-refractivity contribution in [3.63, 3.8) is 0 Å². The summed E-state index contributed by atoms with van der Waals surface area (Å²) in [6, 6.07) is 2.74. The Morgan fingerprint density at radius 3 is 1.77 bits per heavy atom. The van der Waals surface area contributed by atoms with Crippen LogP contribution in [0, 0.1) is 25.5 Å². The fraction of sp³-hybridized carbons (Fsp3) is 0.240. The van der Waals surface area contributed by atoms with Crippen LogP contribution in [0.2, 0.25) is 0 Å². The molecule has 0 aliphatic rings. The lowest BCUT2D eigenvalue weighted by atomic mass is 10.2. The summed E-state index contributed by atoms with van der Waals surface area (Å²) in [7, 11) is 1.63. The van der Waals surface area contributed by atoms with E-state index in [4.69, 9.17) is 0 Å². The van der Waals surface area contributed by atoms with E-state index in [0.717, 1.165) is 24.0 Å². The Morgan fingerprint density at radius 1 is 0.829 bits per heavy atom. The monoisotopic (exact) mass is 477 g/mol. The Hall–Kier alpha value is -4.21. The smallest absolute Gasteiger partial charge is 0.224 e. The topological polar surface area (TPSA) is 97.7 Å². The van der Waals surface area contributed by atoms with Crippen LogP contribution in [0.15, 0.2) is 49.3 Å². The molecule has 4 aromatic rings. The van der Waals surface area contributed by atoms with E-state index >= 15 is 0 Å². The summed E-state index contributed by atoms with van der Waals surface area (Å²) in [4.78, 5) is 37.5. The van der Waals surface area contributed by atoms with Crippen LogP contribution in [0.25, 0.3) is 22.5 Å². The van der Waals surface area contributed by atoms with E-state index in [0.29, 0.717) is 34.0 Å². The van der Waals surface area contributed by atoms with E-state index in [1.54, 1.807) is 26.4 Å². The zero-order chi connectivity index (χ0) is 25.5. The first-order valence-electron chi connectivity index (χ1n) is 10.8. The number of carbonyl (C=O) groups is 1. The Balaban J connectivity index is 0.000000198. The molecule has 180 valence electrons. The van der Waals surface area contributed by atoms with Gasteiger partial charge in [-0.05, 0) is 32.4 Å². The zero-order valence-electron chi connectivity index (χ0n) is 20.1. The van der Waals surface area contributed by atoms with Crippen LogP contribution in [0.4, 0.5) is 14.6 Å². The van der Waals surface area contributed by atoms with Crippen LogP contribution in [0.3, 0.4) is 0 Å². The predicted octanol–water partition coefficient (Wildman–Crippen LogP) is 4.52. The molecule has 8 nitrogen and oxygen atoms in total. The third kappa shape index (κ3) is 6.44. The van der Waals surface area contributed by atoms with Gasteiger partial charge in [0.1, 0.15) is 11.6 Å². The van der Waals surface area contributed by atoms with Crippen LogP contribution in [0.1, 0.15) is 30.9 Å². The van der Waals surface area contributed by atoms with Gasteiger partial charge in [0.05, 0.1) is 53.3 Å². The number of carbonyl (C=O) groups excluding carboxylic acids is 1. The minimum atomic E-state index is -0.429. The molecule has 0 unspecified atom stereocenters. The van der Waals surface area contributed by atoms with Gasteiger partial charge in [0.2, 0.25) is 5.91 Å². The number of pyridine rings is 2. The minimum Gasteiger partial charge on any atom is -0.299 e. The summed E-state index contributed by atoms with van der Waals surface area (Å²) < 4.78 is 26.1. The molecule has 0 radical (unpaired) electrons. The van der Waals surface area contributed by atoms with Gasteiger partial charge < -0.3 is 0 Å². The van der Waals surface area contributed by atoms with Crippen LogP contribution in [0.5, 0.6) is 0 Å². The Labute approximate surface area is 202 Å². The number of hydrogen-bond acceptors (Lipinski definition) is 7. The number of halogens is 2. The number of aromatic nitrogens is 6. The number of aryl methyl sites for hydroxylation is 3. The second-order valence-electron chi connectivity index (χ2n) is 7.67. The first-order valence-corrected chi connectivity index (χ1v) is 10.8. The van der Waals surface area contributed by atoms with Crippen LogP contribution >= 0.6 is 0 Å². The molecule has 1 amide bonds. The molecule has 0 saturated heterocycles. The number of rotatable bonds is 4. The maximum atomic E-state index is 13.1. The van der Waals surface area contributed by atoms with Crippen molar-refractivity contribution in [1.29, 1.82) is 0 Å². The molecule has 0 N–H and O–H groups in total. The van der Waals surface area contributed by atoms with Crippen molar-refractivity contribution >= 4 is 11.7 Å². The van der Waals surface area contributed by atoms with Gasteiger partial charge in [0.25, 0.3) is 0 Å². The lowest BCUT2D eigenvalue weighted by molar-refractivity contribution is -0.116. The lowest BCUT2D eigenvalue weighted by Crippen LogP contribution is -2.25. The van der Waals surface area contributed by atoms with E-state index in [9.17, 15) is 13.6 Å². The Bertz CT molecular complexity index is 1350. The molecule has 4 aromatic heterocycles. The van der Waals surface area contributed by atoms with Crippen molar-refractivity contribution in [2.75, 3.05) is 11.9 Å². The molecule has 10 heteroatoms. The molecule has 0 bridgehead atoms. The molecular formula is C25H25F2N7O. The SMILES string of the molecule is CC(=O)N(C)c1ncc(-c2cncc(F)c2)nc1C.CCc1ncc(-c2cncc(F)c2)nc1C. The number of hydrogen-bond donors (Lipinski definition) is 0. The largest absolute Gasteiger partial charge is 0.299 e. The maximum absolute atomic E-state index is 13.1. The second-order valence-corrected chi connectivity index (χ2v) is 7.67. The molecular weight excluding hydrogens is 452 g/mol. The van der Waals surface area contributed by atoms with Crippen molar-refractivity contribution in [2.45, 2.75) is 34.1 Å². The first kappa shape index (κ1) is 25.4. The van der Waals surface area contributed by atoms with E-state index in [2.05, 4.69) is 29.9 Å². The molecule has 4 heterocycles. The Kier molecular flexibility index (Phi) is 8.19. The van der Waals surface area contributed by atoms with E-state index in [-0.39, 0.29) is 11.7 Å². The summed E-state index contributed by atoms with van der Waals surface area (Å²) >= 11 is 0. The molecule has 4 rings (SSSR count). The Morgan fingerprint density at radius 2 is 1.34 bits per heavy atom.